The van der Waals surface area contributed by atoms with Gasteiger partial charge in [-0.1, -0.05) is 54.6 Å². The van der Waals surface area contributed by atoms with Crippen LogP contribution in [0.1, 0.15) is 28.1 Å². The summed E-state index contributed by atoms with van der Waals surface area (Å²) in [5, 5.41) is 9.91. The van der Waals surface area contributed by atoms with E-state index in [9.17, 15) is 22.8 Å². The van der Waals surface area contributed by atoms with Gasteiger partial charge in [-0.3, -0.25) is 9.89 Å². The third kappa shape index (κ3) is 3.50. The molecule has 4 N–H and O–H groups in total. The monoisotopic (exact) mass is 544 g/mol. The van der Waals surface area contributed by atoms with Crippen molar-refractivity contribution in [3.63, 3.8) is 0 Å². The van der Waals surface area contributed by atoms with Gasteiger partial charge in [-0.05, 0) is 42.8 Å². The molecule has 3 heterocycles. The van der Waals surface area contributed by atoms with E-state index in [1.54, 1.807) is 79.7 Å². The molecule has 2 aromatic heterocycles. The number of nitrogens with two attached hydrogens (primary N) is 1. The molecule has 11 heteroatoms. The van der Waals surface area contributed by atoms with Gasteiger partial charge < -0.3 is 15.8 Å². The summed E-state index contributed by atoms with van der Waals surface area (Å²) in [6.45, 7) is 1.60. The van der Waals surface area contributed by atoms with Crippen molar-refractivity contribution >= 4 is 17.8 Å². The molecule has 5 aromatic rings. The summed E-state index contributed by atoms with van der Waals surface area (Å²) < 4.78 is 46.7. The third-order valence-corrected chi connectivity index (χ3v) is 7.34. The second-order valence-corrected chi connectivity index (χ2v) is 9.54. The lowest BCUT2D eigenvalue weighted by atomic mass is 9.66. The Balaban J connectivity index is 1.79. The molecule has 0 radical (unpaired) electrons. The second kappa shape index (κ2) is 9.01. The Labute approximate surface area is 225 Å². The van der Waals surface area contributed by atoms with Gasteiger partial charge in [0.2, 0.25) is 0 Å². The lowest BCUT2D eigenvalue weighted by Gasteiger charge is -2.33. The van der Waals surface area contributed by atoms with Crippen LogP contribution < -0.4 is 16.6 Å². The van der Waals surface area contributed by atoms with Crippen LogP contribution >= 0.6 is 0 Å². The number of fused-ring (bicyclic) bond motifs is 1. The molecule has 2 atom stereocenters. The van der Waals surface area contributed by atoms with E-state index in [-0.39, 0.29) is 22.8 Å². The molecule has 8 nitrogen and oxygen atoms in total. The number of nitrogens with zero attached hydrogens (tertiary/aromatic N) is 3. The number of nitrogens with one attached hydrogen (secondary N) is 2. The van der Waals surface area contributed by atoms with Crippen LogP contribution in [-0.2, 0) is 16.4 Å². The SMILES string of the molecule is Cc1nn(-c2ccccc2)c(N)c1C1(c2c(C(F)(F)F)[nH]n(-c3ccccc3)c2=O)c2ccccc2NC1C=O. The maximum Gasteiger partial charge on any atom is 0.433 e. The lowest BCUT2D eigenvalue weighted by Crippen LogP contribution is -2.47. The number of anilines is 2. The van der Waals surface area contributed by atoms with Crippen LogP contribution in [-0.4, -0.2) is 31.9 Å². The van der Waals surface area contributed by atoms with E-state index in [0.29, 0.717) is 23.2 Å². The number of benzene rings is 3. The zero-order chi connectivity index (χ0) is 28.2. The Bertz CT molecular complexity index is 1790. The molecule has 0 amide bonds. The molecule has 3 aromatic carbocycles. The van der Waals surface area contributed by atoms with Gasteiger partial charge in [0.1, 0.15) is 23.8 Å². The predicted molar refractivity (Wildman–Crippen MR) is 144 cm³/mol. The van der Waals surface area contributed by atoms with E-state index in [2.05, 4.69) is 15.5 Å². The van der Waals surface area contributed by atoms with Gasteiger partial charge in [0.25, 0.3) is 5.56 Å². The number of aldehydes is 1. The highest BCUT2D eigenvalue weighted by atomic mass is 19.4. The summed E-state index contributed by atoms with van der Waals surface area (Å²) in [5.74, 6) is 0.00837. The molecule has 0 bridgehead atoms. The minimum Gasteiger partial charge on any atom is -0.383 e. The van der Waals surface area contributed by atoms with Crippen molar-refractivity contribution in [3.05, 3.63) is 123 Å². The lowest BCUT2D eigenvalue weighted by molar-refractivity contribution is -0.142. The van der Waals surface area contributed by atoms with Crippen molar-refractivity contribution in [3.8, 4) is 11.4 Å². The number of para-hydroxylation sites is 3. The minimum absolute atomic E-state index is 0.00837. The number of H-pyrrole nitrogens is 1. The van der Waals surface area contributed by atoms with Crippen molar-refractivity contribution in [1.29, 1.82) is 0 Å². The Hall–Kier alpha value is -5.06. The topological polar surface area (TPSA) is 111 Å². The number of nitrogen functional groups attached to an aromatic ring is 1. The fraction of sp³-hybridized carbons (Fsp3) is 0.138. The zero-order valence-corrected chi connectivity index (χ0v) is 21.1. The molecular weight excluding hydrogens is 521 g/mol. The number of hydrogen-bond acceptors (Lipinski definition) is 5. The van der Waals surface area contributed by atoms with E-state index < -0.39 is 34.4 Å². The second-order valence-electron chi connectivity index (χ2n) is 9.54. The van der Waals surface area contributed by atoms with Crippen LogP contribution in [0.3, 0.4) is 0 Å². The van der Waals surface area contributed by atoms with Crippen molar-refractivity contribution in [1.82, 2.24) is 19.6 Å². The summed E-state index contributed by atoms with van der Waals surface area (Å²) in [6, 6.07) is 22.0. The smallest absolute Gasteiger partial charge is 0.383 e. The number of alkyl halides is 3. The van der Waals surface area contributed by atoms with Crippen LogP contribution in [0.5, 0.6) is 0 Å². The molecule has 0 saturated heterocycles. The van der Waals surface area contributed by atoms with Gasteiger partial charge in [0.15, 0.2) is 0 Å². The molecule has 40 heavy (non-hydrogen) atoms. The average molecular weight is 545 g/mol. The van der Waals surface area contributed by atoms with Crippen molar-refractivity contribution in [2.24, 2.45) is 0 Å². The van der Waals surface area contributed by atoms with E-state index in [0.717, 1.165) is 4.68 Å². The number of aromatic nitrogens is 4. The highest BCUT2D eigenvalue weighted by molar-refractivity contribution is 5.84. The summed E-state index contributed by atoms with van der Waals surface area (Å²) in [5.41, 5.74) is 3.71. The van der Waals surface area contributed by atoms with Gasteiger partial charge in [0.05, 0.1) is 28.0 Å². The highest BCUT2D eigenvalue weighted by Crippen LogP contribution is 2.54. The van der Waals surface area contributed by atoms with Gasteiger partial charge in [-0.15, -0.1) is 0 Å². The van der Waals surface area contributed by atoms with Crippen molar-refractivity contribution in [2.75, 3.05) is 11.1 Å². The van der Waals surface area contributed by atoms with Gasteiger partial charge in [-0.25, -0.2) is 9.36 Å². The normalized spacial score (nSPS) is 18.4. The van der Waals surface area contributed by atoms with Crippen LogP contribution in [0.25, 0.3) is 11.4 Å². The number of aryl methyl sites for hydroxylation is 1. The van der Waals surface area contributed by atoms with E-state index >= 15 is 0 Å². The fourth-order valence-electron chi connectivity index (χ4n) is 5.80. The first-order valence-electron chi connectivity index (χ1n) is 12.4. The molecule has 0 spiro atoms. The van der Waals surface area contributed by atoms with E-state index in [1.807, 2.05) is 0 Å². The number of aromatic amines is 1. The highest BCUT2D eigenvalue weighted by Gasteiger charge is 2.58. The Kier molecular flexibility index (Phi) is 5.68. The van der Waals surface area contributed by atoms with Gasteiger partial charge in [0, 0.05) is 11.3 Å². The van der Waals surface area contributed by atoms with E-state index in [1.165, 1.54) is 16.8 Å². The molecule has 1 aliphatic rings. The summed E-state index contributed by atoms with van der Waals surface area (Å²) >= 11 is 0. The quantitative estimate of drug-likeness (QED) is 0.281. The van der Waals surface area contributed by atoms with Gasteiger partial charge >= 0.3 is 6.18 Å². The molecule has 0 aliphatic carbocycles. The molecule has 0 fully saturated rings. The third-order valence-electron chi connectivity index (χ3n) is 7.34. The summed E-state index contributed by atoms with van der Waals surface area (Å²) in [6.07, 6.45) is -4.47. The number of rotatable bonds is 5. The molecule has 0 saturated carbocycles. The number of hydrogen-bond donors (Lipinski definition) is 3. The maximum absolute atomic E-state index is 14.8. The zero-order valence-electron chi connectivity index (χ0n) is 21.1. The Morgan fingerprint density at radius 1 is 0.925 bits per heavy atom. The van der Waals surface area contributed by atoms with Crippen molar-refractivity contribution < 1.29 is 18.0 Å². The maximum atomic E-state index is 14.8. The first-order chi connectivity index (χ1) is 19.2. The van der Waals surface area contributed by atoms with Crippen LogP contribution in [0.4, 0.5) is 24.7 Å². The van der Waals surface area contributed by atoms with Gasteiger partial charge in [-0.2, -0.15) is 18.3 Å². The standard InChI is InChI=1S/C29H23F3N6O2/c1-17-23(26(33)37(35-17)18-10-4-2-5-11-18)28(20-14-8-9-15-21(20)34-22(28)16-39)24-25(29(30,31)32)36-38(27(24)40)19-12-6-3-7-13-19/h2-16,22,34,36H,33H2,1H3. The van der Waals surface area contributed by atoms with Crippen LogP contribution in [0.15, 0.2) is 89.7 Å². The molecule has 6 rings (SSSR count). The van der Waals surface area contributed by atoms with E-state index in [4.69, 9.17) is 5.73 Å². The fourth-order valence-corrected chi connectivity index (χ4v) is 5.80. The first-order valence-corrected chi connectivity index (χ1v) is 12.4. The van der Waals surface area contributed by atoms with Crippen LogP contribution in [0.2, 0.25) is 0 Å². The molecule has 2 unspecified atom stereocenters. The van der Waals surface area contributed by atoms with Crippen LogP contribution in [0, 0.1) is 6.92 Å². The number of halogens is 3. The molecule has 1 aliphatic heterocycles. The summed E-state index contributed by atoms with van der Waals surface area (Å²) in [7, 11) is 0. The first kappa shape index (κ1) is 25.2. The van der Waals surface area contributed by atoms with Crippen molar-refractivity contribution in [2.45, 2.75) is 24.6 Å². The Morgan fingerprint density at radius 3 is 2.15 bits per heavy atom. The number of carbonyl (C=O) groups is 1. The molecular formula is C29H23F3N6O2. The Morgan fingerprint density at radius 2 is 1.52 bits per heavy atom. The molecule has 202 valence electrons. The largest absolute Gasteiger partial charge is 0.433 e. The minimum atomic E-state index is -4.98. The average Bonchev–Trinajstić information content (AvgIpc) is 3.58. The number of carbonyl (C=O) groups excluding carboxylic acids is 1. The summed E-state index contributed by atoms with van der Waals surface area (Å²) in [4.78, 5) is 26.9. The predicted octanol–water partition coefficient (Wildman–Crippen LogP) is 4.59.